The van der Waals surface area contributed by atoms with Gasteiger partial charge in [-0.15, -0.1) is 0 Å². The number of rotatable bonds is 9. The Balaban J connectivity index is 0.000000248. The molecule has 0 atom stereocenters. The minimum atomic E-state index is -0.513. The highest BCUT2D eigenvalue weighted by Gasteiger charge is 2.29. The summed E-state index contributed by atoms with van der Waals surface area (Å²) in [4.78, 5) is 12.0. The van der Waals surface area contributed by atoms with Crippen molar-refractivity contribution < 1.29 is 18.7 Å². The Morgan fingerprint density at radius 2 is 1.97 bits per heavy atom. The highest BCUT2D eigenvalue weighted by atomic mass is 35.5. The fourth-order valence-corrected chi connectivity index (χ4v) is 4.41. The lowest BCUT2D eigenvalue weighted by molar-refractivity contribution is 0.0980. The summed E-state index contributed by atoms with van der Waals surface area (Å²) >= 11 is 6.96. The monoisotopic (exact) mass is 508 g/mol. The first-order valence-electron chi connectivity index (χ1n) is 11.8. The van der Waals surface area contributed by atoms with Crippen LogP contribution in [0.2, 0.25) is 5.02 Å². The molecule has 0 bridgehead atoms. The van der Waals surface area contributed by atoms with Crippen LogP contribution in [0.5, 0.6) is 5.75 Å². The molecule has 1 amide bonds. The Morgan fingerprint density at radius 1 is 1.21 bits per heavy atom. The fourth-order valence-electron chi connectivity index (χ4n) is 3.90. The Bertz CT molecular complexity index is 936. The van der Waals surface area contributed by atoms with E-state index in [2.05, 4.69) is 10.0 Å². The molecule has 1 heterocycles. The fraction of sp³-hybridized carbons (Fsp3) is 0.500. The number of halogens is 2. The van der Waals surface area contributed by atoms with E-state index in [9.17, 15) is 9.18 Å². The van der Waals surface area contributed by atoms with E-state index in [0.717, 1.165) is 62.4 Å². The number of hydrogen-bond donors (Lipinski definition) is 2. The van der Waals surface area contributed by atoms with Crippen LogP contribution >= 0.6 is 23.5 Å². The van der Waals surface area contributed by atoms with Gasteiger partial charge in [-0.3, -0.25) is 9.52 Å². The molecule has 0 aromatic heterocycles. The number of piperidine rings is 1. The zero-order chi connectivity index (χ0) is 24.3. The molecule has 0 spiro atoms. The van der Waals surface area contributed by atoms with E-state index in [1.807, 2.05) is 24.3 Å². The van der Waals surface area contributed by atoms with E-state index in [1.54, 1.807) is 19.4 Å². The molecule has 5 nitrogen and oxygen atoms in total. The summed E-state index contributed by atoms with van der Waals surface area (Å²) in [5.74, 6) is 0.637. The van der Waals surface area contributed by atoms with Crippen molar-refractivity contribution in [1.82, 2.24) is 10.0 Å². The zero-order valence-corrected chi connectivity index (χ0v) is 21.4. The van der Waals surface area contributed by atoms with Gasteiger partial charge in [0.15, 0.2) is 0 Å². The quantitative estimate of drug-likeness (QED) is 0.431. The molecule has 2 fully saturated rings. The van der Waals surface area contributed by atoms with Gasteiger partial charge in [-0.05, 0) is 86.4 Å². The van der Waals surface area contributed by atoms with Crippen LogP contribution in [0.15, 0.2) is 36.4 Å². The number of amides is 1. The molecule has 34 heavy (non-hydrogen) atoms. The molecule has 1 aliphatic heterocycles. The Hall–Kier alpha value is -1.80. The molecule has 186 valence electrons. The molecule has 4 rings (SSSR count). The third kappa shape index (κ3) is 8.45. The van der Waals surface area contributed by atoms with Crippen molar-refractivity contribution in [2.45, 2.75) is 38.0 Å². The Kier molecular flexibility index (Phi) is 11.0. The molecule has 0 radical (unpaired) electrons. The van der Waals surface area contributed by atoms with Crippen molar-refractivity contribution in [3.8, 4) is 5.75 Å². The number of hydrogen-bond acceptors (Lipinski definition) is 5. The van der Waals surface area contributed by atoms with Gasteiger partial charge in [0.1, 0.15) is 11.6 Å². The average Bonchev–Trinajstić information content (AvgIpc) is 3.68. The molecular formula is C26H34ClFN2O3S. The van der Waals surface area contributed by atoms with Crippen molar-refractivity contribution in [1.29, 1.82) is 0 Å². The molecule has 2 N–H and O–H groups in total. The number of ether oxygens (including phenoxy) is 2. The molecule has 8 heteroatoms. The minimum absolute atomic E-state index is 0.107. The number of benzene rings is 2. The summed E-state index contributed by atoms with van der Waals surface area (Å²) in [5.41, 5.74) is 2.31. The Labute approximate surface area is 211 Å². The van der Waals surface area contributed by atoms with E-state index in [4.69, 9.17) is 21.1 Å². The van der Waals surface area contributed by atoms with E-state index in [-0.39, 0.29) is 11.5 Å². The van der Waals surface area contributed by atoms with Gasteiger partial charge in [0.05, 0.1) is 18.8 Å². The second-order valence-corrected chi connectivity index (χ2v) is 9.71. The Morgan fingerprint density at radius 3 is 2.62 bits per heavy atom. The van der Waals surface area contributed by atoms with Gasteiger partial charge in [-0.1, -0.05) is 35.7 Å². The van der Waals surface area contributed by atoms with Gasteiger partial charge in [0, 0.05) is 24.5 Å². The van der Waals surface area contributed by atoms with Crippen molar-refractivity contribution in [2.24, 2.45) is 5.92 Å². The van der Waals surface area contributed by atoms with Crippen LogP contribution in [0.3, 0.4) is 0 Å². The topological polar surface area (TPSA) is 59.6 Å². The van der Waals surface area contributed by atoms with Crippen molar-refractivity contribution >= 4 is 29.5 Å². The first kappa shape index (κ1) is 26.8. The molecule has 2 aromatic rings. The van der Waals surface area contributed by atoms with Crippen LogP contribution in [0.1, 0.15) is 53.1 Å². The predicted octanol–water partition coefficient (Wildman–Crippen LogP) is 5.62. The summed E-state index contributed by atoms with van der Waals surface area (Å²) in [6.07, 6.45) is 7.02. The van der Waals surface area contributed by atoms with Crippen LogP contribution in [-0.2, 0) is 11.2 Å². The summed E-state index contributed by atoms with van der Waals surface area (Å²) < 4.78 is 27.8. The summed E-state index contributed by atoms with van der Waals surface area (Å²) in [5, 5.41) is 4.12. The van der Waals surface area contributed by atoms with Crippen molar-refractivity contribution in [3.63, 3.8) is 0 Å². The second kappa shape index (κ2) is 13.9. The summed E-state index contributed by atoms with van der Waals surface area (Å²) in [7, 11) is 1.70. The van der Waals surface area contributed by atoms with Gasteiger partial charge in [0.2, 0.25) is 0 Å². The largest absolute Gasteiger partial charge is 0.493 e. The van der Waals surface area contributed by atoms with E-state index in [0.29, 0.717) is 24.2 Å². The van der Waals surface area contributed by atoms with Crippen LogP contribution in [0, 0.1) is 11.7 Å². The van der Waals surface area contributed by atoms with E-state index >= 15 is 0 Å². The first-order valence-corrected chi connectivity index (χ1v) is 13.4. The molecule has 0 unspecified atom stereocenters. The highest BCUT2D eigenvalue weighted by molar-refractivity contribution is 7.97. The highest BCUT2D eigenvalue weighted by Crippen LogP contribution is 2.45. The molecule has 2 aliphatic rings. The molecule has 1 saturated heterocycles. The van der Waals surface area contributed by atoms with Gasteiger partial charge in [0.25, 0.3) is 5.91 Å². The number of methoxy groups -OCH3 is 1. The molecular weight excluding hydrogens is 475 g/mol. The maximum Gasteiger partial charge on any atom is 0.264 e. The lowest BCUT2D eigenvalue weighted by Gasteiger charge is -2.23. The van der Waals surface area contributed by atoms with Crippen molar-refractivity contribution in [3.05, 3.63) is 63.9 Å². The predicted molar refractivity (Wildman–Crippen MR) is 137 cm³/mol. The van der Waals surface area contributed by atoms with Gasteiger partial charge < -0.3 is 14.8 Å². The molecule has 2 aromatic carbocycles. The lowest BCUT2D eigenvalue weighted by Crippen LogP contribution is -2.30. The van der Waals surface area contributed by atoms with E-state index in [1.165, 1.54) is 23.6 Å². The standard InChI is InChI=1S/C17H23FN2O2S.C9H11ClO/c1-23-20-17(21)14-8-13(12-2-3-12)16(9-15(14)18)22-10-11-4-6-19-7-5-11;1-11-6-5-8-3-2-4-9(10)7-8/h8-9,11-12,19H,2-7,10H2,1H3,(H,20,21);2-4,7H,5-6H2,1H3. The first-order chi connectivity index (χ1) is 16.5. The minimum Gasteiger partial charge on any atom is -0.493 e. The third-order valence-electron chi connectivity index (χ3n) is 5.97. The normalized spacial score (nSPS) is 15.9. The van der Waals surface area contributed by atoms with E-state index < -0.39 is 5.82 Å². The molecule has 1 aliphatic carbocycles. The van der Waals surface area contributed by atoms with Crippen molar-refractivity contribution in [2.75, 3.05) is 39.7 Å². The summed E-state index contributed by atoms with van der Waals surface area (Å²) in [6, 6.07) is 10.9. The smallest absolute Gasteiger partial charge is 0.264 e. The second-order valence-electron chi connectivity index (χ2n) is 8.66. The average molecular weight is 509 g/mol. The lowest BCUT2D eigenvalue weighted by atomic mass is 9.99. The maximum atomic E-state index is 14.3. The number of carbonyl (C=O) groups is 1. The maximum absolute atomic E-state index is 14.3. The number of carbonyl (C=O) groups excluding carboxylic acids is 1. The summed E-state index contributed by atoms with van der Waals surface area (Å²) in [6.45, 7) is 3.41. The van der Waals surface area contributed by atoms with Crippen LogP contribution in [-0.4, -0.2) is 45.6 Å². The van der Waals surface area contributed by atoms with Gasteiger partial charge in [-0.2, -0.15) is 0 Å². The third-order valence-corrected chi connectivity index (χ3v) is 6.60. The van der Waals surface area contributed by atoms with Gasteiger partial charge in [-0.25, -0.2) is 4.39 Å². The zero-order valence-electron chi connectivity index (χ0n) is 19.9. The van der Waals surface area contributed by atoms with Gasteiger partial charge >= 0.3 is 0 Å². The van der Waals surface area contributed by atoms with Crippen LogP contribution < -0.4 is 14.8 Å². The van der Waals surface area contributed by atoms with Crippen LogP contribution in [0.25, 0.3) is 0 Å². The number of nitrogens with one attached hydrogen (secondary N) is 2. The van der Waals surface area contributed by atoms with Crippen LogP contribution in [0.4, 0.5) is 4.39 Å². The molecule has 1 saturated carbocycles. The SMILES string of the molecule is COCCc1cccc(Cl)c1.CSNC(=O)c1cc(C2CC2)c(OCC2CCNCC2)cc1F.